The van der Waals surface area contributed by atoms with Gasteiger partial charge in [0.1, 0.15) is 5.75 Å². The molecule has 0 spiro atoms. The summed E-state index contributed by atoms with van der Waals surface area (Å²) in [6, 6.07) is 6.68. The zero-order valence-electron chi connectivity index (χ0n) is 14.2. The van der Waals surface area contributed by atoms with Gasteiger partial charge in [-0.1, -0.05) is 32.8 Å². The molecular formula is C18H31NO2. The minimum Gasteiger partial charge on any atom is -0.496 e. The second-order valence-electron chi connectivity index (χ2n) is 6.07. The molecule has 1 atom stereocenters. The number of hydrogen-bond acceptors (Lipinski definition) is 3. The normalized spacial score (nSPS) is 12.7. The molecule has 3 heteroatoms. The van der Waals surface area contributed by atoms with Gasteiger partial charge in [0.15, 0.2) is 0 Å². The van der Waals surface area contributed by atoms with Crippen LogP contribution in [0.25, 0.3) is 0 Å². The van der Waals surface area contributed by atoms with E-state index in [0.717, 1.165) is 23.8 Å². The Morgan fingerprint density at radius 1 is 1.10 bits per heavy atom. The number of nitrogens with one attached hydrogen (secondary N) is 1. The molecule has 0 bridgehead atoms. The fraction of sp³-hybridized carbons (Fsp3) is 0.667. The minimum absolute atomic E-state index is 0.352. The molecule has 1 N–H and O–H groups in total. The lowest BCUT2D eigenvalue weighted by Crippen LogP contribution is -2.20. The van der Waals surface area contributed by atoms with Crippen molar-refractivity contribution in [2.75, 3.05) is 20.8 Å². The largest absolute Gasteiger partial charge is 0.496 e. The third-order valence-electron chi connectivity index (χ3n) is 3.76. The number of ether oxygens (including phenoxy) is 2. The van der Waals surface area contributed by atoms with Crippen LogP contribution in [-0.4, -0.2) is 20.8 Å². The molecule has 0 radical (unpaired) electrons. The van der Waals surface area contributed by atoms with Gasteiger partial charge in [-0.15, -0.1) is 0 Å². The zero-order chi connectivity index (χ0) is 15.7. The van der Waals surface area contributed by atoms with Crippen LogP contribution in [0.15, 0.2) is 18.2 Å². The van der Waals surface area contributed by atoms with Gasteiger partial charge >= 0.3 is 0 Å². The molecule has 1 aromatic rings. The molecule has 0 heterocycles. The first-order valence-electron chi connectivity index (χ1n) is 7.97. The van der Waals surface area contributed by atoms with Gasteiger partial charge in [0.2, 0.25) is 0 Å². The van der Waals surface area contributed by atoms with Crippen molar-refractivity contribution in [3.05, 3.63) is 29.3 Å². The third kappa shape index (κ3) is 6.49. The first-order chi connectivity index (χ1) is 10.1. The predicted molar refractivity (Wildman–Crippen MR) is 88.8 cm³/mol. The Balaban J connectivity index is 2.49. The maximum Gasteiger partial charge on any atom is 0.124 e. The predicted octanol–water partition coefficient (Wildman–Crippen LogP) is 4.32. The van der Waals surface area contributed by atoms with Gasteiger partial charge in [-0.3, -0.25) is 0 Å². The lowest BCUT2D eigenvalue weighted by Gasteiger charge is -2.17. The quantitative estimate of drug-likeness (QED) is 0.652. The van der Waals surface area contributed by atoms with Crippen molar-refractivity contribution in [2.45, 2.75) is 52.7 Å². The molecule has 0 aliphatic heterocycles. The van der Waals surface area contributed by atoms with Crippen LogP contribution in [0.5, 0.6) is 5.75 Å². The van der Waals surface area contributed by atoms with Gasteiger partial charge in [-0.05, 0) is 43.5 Å². The van der Waals surface area contributed by atoms with Gasteiger partial charge in [0, 0.05) is 18.7 Å². The standard InChI is InChI=1S/C18H31NO2/c1-14(2)8-6-7-11-19-15(3)16-9-10-18(21-5)17(12-16)13-20-4/h9-10,12,14-15,19H,6-8,11,13H2,1-5H3. The number of methoxy groups -OCH3 is 2. The van der Waals surface area contributed by atoms with Crippen molar-refractivity contribution in [1.29, 1.82) is 0 Å². The van der Waals surface area contributed by atoms with Crippen molar-refractivity contribution in [2.24, 2.45) is 5.92 Å². The monoisotopic (exact) mass is 293 g/mol. The summed E-state index contributed by atoms with van der Waals surface area (Å²) in [5, 5.41) is 3.60. The fourth-order valence-corrected chi connectivity index (χ4v) is 2.45. The smallest absolute Gasteiger partial charge is 0.124 e. The van der Waals surface area contributed by atoms with Gasteiger partial charge in [0.25, 0.3) is 0 Å². The van der Waals surface area contributed by atoms with Crippen molar-refractivity contribution in [3.8, 4) is 5.75 Å². The Morgan fingerprint density at radius 3 is 2.48 bits per heavy atom. The maximum absolute atomic E-state index is 5.37. The van der Waals surface area contributed by atoms with E-state index in [9.17, 15) is 0 Å². The molecular weight excluding hydrogens is 262 g/mol. The topological polar surface area (TPSA) is 30.5 Å². The van der Waals surface area contributed by atoms with Gasteiger partial charge in [0.05, 0.1) is 13.7 Å². The van der Waals surface area contributed by atoms with E-state index in [1.54, 1.807) is 14.2 Å². The summed E-state index contributed by atoms with van der Waals surface area (Å²) in [6.07, 6.45) is 3.86. The van der Waals surface area contributed by atoms with Crippen molar-refractivity contribution in [3.63, 3.8) is 0 Å². The van der Waals surface area contributed by atoms with E-state index in [4.69, 9.17) is 9.47 Å². The van der Waals surface area contributed by atoms with Crippen molar-refractivity contribution < 1.29 is 9.47 Å². The fourth-order valence-electron chi connectivity index (χ4n) is 2.45. The summed E-state index contributed by atoms with van der Waals surface area (Å²) in [7, 11) is 3.41. The van der Waals surface area contributed by atoms with Crippen LogP contribution in [0.3, 0.4) is 0 Å². The molecule has 0 saturated heterocycles. The molecule has 0 saturated carbocycles. The number of benzene rings is 1. The average molecular weight is 293 g/mol. The molecule has 1 unspecified atom stereocenters. The highest BCUT2D eigenvalue weighted by Gasteiger charge is 2.09. The summed E-state index contributed by atoms with van der Waals surface area (Å²) >= 11 is 0. The number of hydrogen-bond donors (Lipinski definition) is 1. The first-order valence-corrected chi connectivity index (χ1v) is 7.97. The van der Waals surface area contributed by atoms with E-state index in [0.29, 0.717) is 12.6 Å². The van der Waals surface area contributed by atoms with Crippen LogP contribution < -0.4 is 10.1 Å². The lowest BCUT2D eigenvalue weighted by molar-refractivity contribution is 0.181. The van der Waals surface area contributed by atoms with Gasteiger partial charge in [-0.2, -0.15) is 0 Å². The molecule has 3 nitrogen and oxygen atoms in total. The van der Waals surface area contributed by atoms with Crippen molar-refractivity contribution in [1.82, 2.24) is 5.32 Å². The van der Waals surface area contributed by atoms with Gasteiger partial charge in [-0.25, -0.2) is 0 Å². The SMILES string of the molecule is COCc1cc(C(C)NCCCCC(C)C)ccc1OC. The summed E-state index contributed by atoms with van der Waals surface area (Å²) in [4.78, 5) is 0. The second-order valence-corrected chi connectivity index (χ2v) is 6.07. The summed E-state index contributed by atoms with van der Waals surface area (Å²) < 4.78 is 10.6. The van der Waals surface area contributed by atoms with Gasteiger partial charge < -0.3 is 14.8 Å². The van der Waals surface area contributed by atoms with E-state index >= 15 is 0 Å². The second kappa shape index (κ2) is 9.80. The molecule has 1 rings (SSSR count). The van der Waals surface area contributed by atoms with Crippen LogP contribution in [0.2, 0.25) is 0 Å². The minimum atomic E-state index is 0.352. The Kier molecular flexibility index (Phi) is 8.40. The highest BCUT2D eigenvalue weighted by atomic mass is 16.5. The molecule has 0 fully saturated rings. The molecule has 0 aliphatic carbocycles. The van der Waals surface area contributed by atoms with Crippen LogP contribution in [0.1, 0.15) is 57.2 Å². The van der Waals surface area contributed by atoms with Crippen LogP contribution in [0, 0.1) is 5.92 Å². The van der Waals surface area contributed by atoms with E-state index in [2.05, 4.69) is 38.2 Å². The highest BCUT2D eigenvalue weighted by molar-refractivity contribution is 5.38. The Hall–Kier alpha value is -1.06. The van der Waals surface area contributed by atoms with Crippen molar-refractivity contribution >= 4 is 0 Å². The molecule has 0 aromatic heterocycles. The first kappa shape index (κ1) is 18.0. The van der Waals surface area contributed by atoms with E-state index < -0.39 is 0 Å². The maximum atomic E-state index is 5.37. The number of unbranched alkanes of at least 4 members (excludes halogenated alkanes) is 1. The molecule has 0 amide bonds. The van der Waals surface area contributed by atoms with E-state index in [1.807, 2.05) is 6.07 Å². The van der Waals surface area contributed by atoms with E-state index in [1.165, 1.54) is 24.8 Å². The Labute approximate surface area is 130 Å². The zero-order valence-corrected chi connectivity index (χ0v) is 14.2. The Morgan fingerprint density at radius 2 is 1.86 bits per heavy atom. The molecule has 21 heavy (non-hydrogen) atoms. The summed E-state index contributed by atoms with van der Waals surface area (Å²) in [5.41, 5.74) is 2.39. The average Bonchev–Trinajstić information content (AvgIpc) is 2.46. The molecule has 120 valence electrons. The number of rotatable bonds is 10. The van der Waals surface area contributed by atoms with Crippen LogP contribution in [0.4, 0.5) is 0 Å². The molecule has 0 aliphatic rings. The van der Waals surface area contributed by atoms with E-state index in [-0.39, 0.29) is 0 Å². The summed E-state index contributed by atoms with van der Waals surface area (Å²) in [6.45, 7) is 8.42. The summed E-state index contributed by atoms with van der Waals surface area (Å²) in [5.74, 6) is 1.70. The third-order valence-corrected chi connectivity index (χ3v) is 3.76. The Bertz CT molecular complexity index is 404. The van der Waals surface area contributed by atoms with Crippen LogP contribution in [-0.2, 0) is 11.3 Å². The van der Waals surface area contributed by atoms with Crippen LogP contribution >= 0.6 is 0 Å². The lowest BCUT2D eigenvalue weighted by atomic mass is 10.0. The highest BCUT2D eigenvalue weighted by Crippen LogP contribution is 2.24. The molecule has 1 aromatic carbocycles.